The van der Waals surface area contributed by atoms with Gasteiger partial charge in [-0.1, -0.05) is 50.3 Å². The third-order valence-electron chi connectivity index (χ3n) is 7.79. The highest BCUT2D eigenvalue weighted by Crippen LogP contribution is 2.15. The quantitative estimate of drug-likeness (QED) is 0.200. The van der Waals surface area contributed by atoms with Gasteiger partial charge < -0.3 is 42.9 Å². The number of hydrogen-bond acceptors (Lipinski definition) is 8. The second-order valence-electron chi connectivity index (χ2n) is 12.3. The highest BCUT2D eigenvalue weighted by Gasteiger charge is 2.32. The predicted octanol–water partition coefficient (Wildman–Crippen LogP) is 0.811. The minimum absolute atomic E-state index is 0.00691. The molecule has 1 aliphatic heterocycles. The van der Waals surface area contributed by atoms with Crippen molar-refractivity contribution in [2.24, 2.45) is 17.4 Å². The number of hydrogen-bond donors (Lipinski definition) is 8. The molecule has 0 aromatic heterocycles. The van der Waals surface area contributed by atoms with Crippen molar-refractivity contribution in [1.82, 2.24) is 21.3 Å². The largest absolute Gasteiger partial charge is 0.508 e. The van der Waals surface area contributed by atoms with Crippen molar-refractivity contribution in [2.45, 2.75) is 89.0 Å². The van der Waals surface area contributed by atoms with Crippen molar-refractivity contribution in [3.05, 3.63) is 71.8 Å². The molecule has 2 aromatic rings. The van der Waals surface area contributed by atoms with Gasteiger partial charge in [-0.2, -0.15) is 0 Å². The number of amides is 5. The van der Waals surface area contributed by atoms with Crippen molar-refractivity contribution in [3.63, 3.8) is 0 Å². The molecule has 0 aliphatic carbocycles. The first-order chi connectivity index (χ1) is 22.3. The molecule has 254 valence electrons. The van der Waals surface area contributed by atoms with E-state index in [-0.39, 0.29) is 43.1 Å². The number of aromatic hydroxyl groups is 2. The van der Waals surface area contributed by atoms with Crippen molar-refractivity contribution in [1.29, 1.82) is 0 Å². The third-order valence-corrected chi connectivity index (χ3v) is 7.79. The van der Waals surface area contributed by atoms with Crippen molar-refractivity contribution in [3.8, 4) is 11.5 Å². The van der Waals surface area contributed by atoms with E-state index in [4.69, 9.17) is 11.5 Å². The fourth-order valence-electron chi connectivity index (χ4n) is 5.14. The number of nitrogens with two attached hydrogens (primary N) is 2. The molecule has 5 atom stereocenters. The van der Waals surface area contributed by atoms with E-state index in [9.17, 15) is 34.2 Å². The Bertz CT molecular complexity index is 1410. The van der Waals surface area contributed by atoms with Crippen LogP contribution in [0.3, 0.4) is 0 Å². The van der Waals surface area contributed by atoms with Crippen LogP contribution < -0.4 is 32.7 Å². The van der Waals surface area contributed by atoms with Gasteiger partial charge in [0.2, 0.25) is 29.5 Å². The minimum atomic E-state index is -1.21. The molecule has 3 rings (SSSR count). The Morgan fingerprint density at radius 3 is 1.60 bits per heavy atom. The molecular formula is C34H46N6O7. The van der Waals surface area contributed by atoms with Crippen LogP contribution in [0, 0.1) is 5.92 Å². The monoisotopic (exact) mass is 650 g/mol. The molecule has 0 fully saturated rings. The average Bonchev–Trinajstić information content (AvgIpc) is 3.02. The molecule has 10 N–H and O–H groups in total. The molecule has 13 heteroatoms. The summed E-state index contributed by atoms with van der Waals surface area (Å²) in [5.74, 6) is -3.18. The Hall–Kier alpha value is -4.91. The lowest BCUT2D eigenvalue weighted by Gasteiger charge is -2.27. The van der Waals surface area contributed by atoms with Gasteiger partial charge in [0, 0.05) is 12.8 Å². The highest BCUT2D eigenvalue weighted by atomic mass is 16.3. The van der Waals surface area contributed by atoms with Crippen molar-refractivity contribution < 1.29 is 34.2 Å². The summed E-state index contributed by atoms with van der Waals surface area (Å²) in [7, 11) is 0. The predicted molar refractivity (Wildman–Crippen MR) is 176 cm³/mol. The molecule has 5 unspecified atom stereocenters. The van der Waals surface area contributed by atoms with Crippen LogP contribution in [0.25, 0.3) is 0 Å². The summed E-state index contributed by atoms with van der Waals surface area (Å²) < 4.78 is 0. The number of phenols is 2. The average molecular weight is 651 g/mol. The summed E-state index contributed by atoms with van der Waals surface area (Å²) in [4.78, 5) is 66.5. The van der Waals surface area contributed by atoms with E-state index in [2.05, 4.69) is 21.3 Å². The highest BCUT2D eigenvalue weighted by molar-refractivity contribution is 5.96. The maximum atomic E-state index is 13.9. The Kier molecular flexibility index (Phi) is 13.8. The van der Waals surface area contributed by atoms with E-state index >= 15 is 0 Å². The molecule has 47 heavy (non-hydrogen) atoms. The molecule has 13 nitrogen and oxygen atoms in total. The normalized spacial score (nSPS) is 24.5. The molecule has 0 spiro atoms. The number of primary amides is 1. The maximum Gasteiger partial charge on any atom is 0.243 e. The molecule has 0 bridgehead atoms. The summed E-state index contributed by atoms with van der Waals surface area (Å²) in [6.07, 6.45) is 5.24. The van der Waals surface area contributed by atoms with Gasteiger partial charge in [0.05, 0.1) is 6.04 Å². The zero-order valence-electron chi connectivity index (χ0n) is 26.8. The first-order valence-corrected chi connectivity index (χ1v) is 15.8. The lowest BCUT2D eigenvalue weighted by atomic mass is 9.99. The number of nitrogens with one attached hydrogen (secondary N) is 4. The van der Waals surface area contributed by atoms with Crippen LogP contribution in [0.15, 0.2) is 60.7 Å². The number of phenolic OH excluding ortho intramolecular Hbond substituents is 2. The van der Waals surface area contributed by atoms with Gasteiger partial charge in [-0.05, 0) is 73.4 Å². The zero-order valence-corrected chi connectivity index (χ0v) is 26.8. The van der Waals surface area contributed by atoms with Crippen LogP contribution in [0.4, 0.5) is 0 Å². The van der Waals surface area contributed by atoms with Gasteiger partial charge in [-0.15, -0.1) is 0 Å². The third kappa shape index (κ3) is 12.1. The molecule has 1 heterocycles. The second-order valence-corrected chi connectivity index (χ2v) is 12.3. The maximum absolute atomic E-state index is 13.9. The van der Waals surface area contributed by atoms with E-state index in [0.29, 0.717) is 30.4 Å². The Labute approximate surface area is 274 Å². The summed E-state index contributed by atoms with van der Waals surface area (Å²) in [5, 5.41) is 30.4. The molecule has 5 amide bonds. The number of carbonyl (C=O) groups is 5. The van der Waals surface area contributed by atoms with Gasteiger partial charge in [0.1, 0.15) is 35.7 Å². The zero-order chi connectivity index (χ0) is 34.5. The smallest absolute Gasteiger partial charge is 0.243 e. The van der Waals surface area contributed by atoms with E-state index < -0.39 is 59.7 Å². The standard InChI is InChI=1S/C34H46N6O7/c1-20(2)17-27-32(45)39-29(19-22-11-15-24(42)16-12-22)34(47)40-28(18-21-9-13-23(41)14-10-21)33(46)37-26(30(36)43)8-6-4-3-5-7-25(35)31(44)38-27/h3-4,9-16,20,25-29,41-42H,5-8,17-19,35H2,1-2H3,(H2,36,43)(H,37,46)(H,38,44)(H,39,45)(H,40,47)/b4-3-. The van der Waals surface area contributed by atoms with Gasteiger partial charge in [0.25, 0.3) is 0 Å². The first kappa shape index (κ1) is 36.6. The van der Waals surface area contributed by atoms with E-state index in [0.717, 1.165) is 0 Å². The van der Waals surface area contributed by atoms with Crippen molar-refractivity contribution >= 4 is 29.5 Å². The van der Waals surface area contributed by atoms with Gasteiger partial charge >= 0.3 is 0 Å². The second kappa shape index (κ2) is 17.7. The molecule has 1 aliphatic rings. The molecule has 2 aromatic carbocycles. The van der Waals surface area contributed by atoms with Crippen LogP contribution in [-0.4, -0.2) is 70.0 Å². The van der Waals surface area contributed by atoms with Gasteiger partial charge in [-0.3, -0.25) is 24.0 Å². The summed E-state index contributed by atoms with van der Waals surface area (Å²) >= 11 is 0. The van der Waals surface area contributed by atoms with Crippen LogP contribution in [-0.2, 0) is 36.8 Å². The summed E-state index contributed by atoms with van der Waals surface area (Å²) in [5.41, 5.74) is 12.9. The SMILES string of the molecule is CC(C)CC1NC(=O)C(N)CC/C=C\CCC(C(N)=O)NC(=O)C(Cc2ccc(O)cc2)NC(=O)C(Cc2ccc(O)cc2)NC1=O. The van der Waals surface area contributed by atoms with Crippen LogP contribution in [0.1, 0.15) is 57.1 Å². The van der Waals surface area contributed by atoms with Crippen LogP contribution in [0.2, 0.25) is 0 Å². The molecular weight excluding hydrogens is 604 g/mol. The van der Waals surface area contributed by atoms with Crippen LogP contribution >= 0.6 is 0 Å². The summed E-state index contributed by atoms with van der Waals surface area (Å²) in [6, 6.07) is 6.85. The Morgan fingerprint density at radius 2 is 1.13 bits per heavy atom. The number of carbonyl (C=O) groups excluding carboxylic acids is 5. The van der Waals surface area contributed by atoms with E-state index in [1.54, 1.807) is 30.3 Å². The fraction of sp³-hybridized carbons (Fsp3) is 0.441. The van der Waals surface area contributed by atoms with Gasteiger partial charge in [-0.25, -0.2) is 0 Å². The van der Waals surface area contributed by atoms with Crippen LogP contribution in [0.5, 0.6) is 11.5 Å². The molecule has 0 saturated heterocycles. The molecule has 0 radical (unpaired) electrons. The number of allylic oxidation sites excluding steroid dienone is 2. The Morgan fingerprint density at radius 1 is 0.702 bits per heavy atom. The lowest BCUT2D eigenvalue weighted by Crippen LogP contribution is -2.59. The number of rotatable bonds is 7. The Balaban J connectivity index is 2.01. The van der Waals surface area contributed by atoms with Crippen molar-refractivity contribution in [2.75, 3.05) is 0 Å². The summed E-state index contributed by atoms with van der Waals surface area (Å²) in [6.45, 7) is 3.79. The fourth-order valence-corrected chi connectivity index (χ4v) is 5.14. The van der Waals surface area contributed by atoms with E-state index in [1.807, 2.05) is 19.9 Å². The first-order valence-electron chi connectivity index (χ1n) is 15.8. The molecule has 0 saturated carbocycles. The van der Waals surface area contributed by atoms with Gasteiger partial charge in [0.15, 0.2) is 0 Å². The topological polar surface area (TPSA) is 226 Å². The van der Waals surface area contributed by atoms with E-state index in [1.165, 1.54) is 24.3 Å². The minimum Gasteiger partial charge on any atom is -0.508 e. The lowest BCUT2D eigenvalue weighted by molar-refractivity contribution is -0.134. The number of benzene rings is 2.